The van der Waals surface area contributed by atoms with Crippen LogP contribution in [0.3, 0.4) is 0 Å². The number of nitrogens with one attached hydrogen (secondary N) is 1. The molecule has 4 heteroatoms. The zero-order valence-electron chi connectivity index (χ0n) is 10.2. The predicted molar refractivity (Wildman–Crippen MR) is 71.8 cm³/mol. The molecular formula is C14H17N3O. The Hall–Kier alpha value is -1.68. The number of hydrogen-bond acceptors (Lipinski definition) is 3. The van der Waals surface area contributed by atoms with Crippen molar-refractivity contribution in [3.8, 4) is 0 Å². The molecule has 4 nitrogen and oxygen atoms in total. The van der Waals surface area contributed by atoms with Crippen molar-refractivity contribution >= 4 is 17.9 Å². The average Bonchev–Trinajstić information content (AvgIpc) is 2.83. The summed E-state index contributed by atoms with van der Waals surface area (Å²) in [7, 11) is 0. The fraction of sp³-hybridized carbons (Fsp3) is 0.429. The molecule has 18 heavy (non-hydrogen) atoms. The van der Waals surface area contributed by atoms with Crippen LogP contribution in [0.5, 0.6) is 0 Å². The van der Waals surface area contributed by atoms with Gasteiger partial charge in [-0.3, -0.25) is 4.79 Å². The number of amides is 1. The molecule has 1 amide bonds. The third-order valence-electron chi connectivity index (χ3n) is 3.75. The first-order valence-electron chi connectivity index (χ1n) is 6.48. The Balaban J connectivity index is 1.84. The number of hydrogen-bond donors (Lipinski definition) is 1. The van der Waals surface area contributed by atoms with Crippen LogP contribution in [0.2, 0.25) is 0 Å². The number of carbonyl (C=O) groups is 1. The van der Waals surface area contributed by atoms with Crippen molar-refractivity contribution in [2.75, 3.05) is 18.0 Å². The smallest absolute Gasteiger partial charge is 0.270 e. The topological polar surface area (TPSA) is 44.7 Å². The Morgan fingerprint density at radius 3 is 2.61 bits per heavy atom. The van der Waals surface area contributed by atoms with Crippen LogP contribution >= 0.6 is 0 Å². The number of nitrogens with zero attached hydrogens (tertiary/aromatic N) is 2. The van der Waals surface area contributed by atoms with Crippen LogP contribution in [0, 0.1) is 5.92 Å². The molecule has 0 radical (unpaired) electrons. The van der Waals surface area contributed by atoms with Gasteiger partial charge in [0.15, 0.2) is 0 Å². The lowest BCUT2D eigenvalue weighted by atomic mass is 9.89. The average molecular weight is 243 g/mol. The Labute approximate surface area is 107 Å². The van der Waals surface area contributed by atoms with Crippen molar-refractivity contribution in [1.82, 2.24) is 5.32 Å². The fourth-order valence-electron chi connectivity index (χ4n) is 2.80. The van der Waals surface area contributed by atoms with Crippen LogP contribution in [0.1, 0.15) is 12.8 Å². The van der Waals surface area contributed by atoms with E-state index < -0.39 is 0 Å². The molecule has 2 heterocycles. The number of aliphatic imine (C=N–C) groups is 1. The second kappa shape index (κ2) is 4.90. The number of piperidine rings is 1. The lowest BCUT2D eigenvalue weighted by Gasteiger charge is -2.32. The summed E-state index contributed by atoms with van der Waals surface area (Å²) in [4.78, 5) is 18.0. The van der Waals surface area contributed by atoms with Gasteiger partial charge < -0.3 is 10.2 Å². The molecule has 1 N–H and O–H groups in total. The predicted octanol–water partition coefficient (Wildman–Crippen LogP) is 1.43. The first-order chi connectivity index (χ1) is 8.86. The van der Waals surface area contributed by atoms with Crippen molar-refractivity contribution in [3.05, 3.63) is 30.3 Å². The van der Waals surface area contributed by atoms with Gasteiger partial charge >= 0.3 is 0 Å². The van der Waals surface area contributed by atoms with E-state index in [4.69, 9.17) is 0 Å². The first-order valence-corrected chi connectivity index (χ1v) is 6.48. The van der Waals surface area contributed by atoms with Gasteiger partial charge in [0, 0.05) is 5.69 Å². The number of rotatable bonds is 2. The Morgan fingerprint density at radius 2 is 1.89 bits per heavy atom. The van der Waals surface area contributed by atoms with Crippen molar-refractivity contribution in [1.29, 1.82) is 0 Å². The van der Waals surface area contributed by atoms with Crippen LogP contribution in [-0.4, -0.2) is 31.4 Å². The summed E-state index contributed by atoms with van der Waals surface area (Å²) < 4.78 is 0. The highest BCUT2D eigenvalue weighted by molar-refractivity contribution is 6.04. The number of carbonyl (C=O) groups excluding carboxylic acids is 1. The minimum Gasteiger partial charge on any atom is -0.319 e. The van der Waals surface area contributed by atoms with Crippen LogP contribution < -0.4 is 10.2 Å². The van der Waals surface area contributed by atoms with Crippen LogP contribution in [-0.2, 0) is 4.79 Å². The maximum absolute atomic E-state index is 12.0. The second-order valence-electron chi connectivity index (χ2n) is 4.86. The van der Waals surface area contributed by atoms with E-state index in [-0.39, 0.29) is 11.9 Å². The van der Waals surface area contributed by atoms with Crippen molar-refractivity contribution < 1.29 is 4.79 Å². The van der Waals surface area contributed by atoms with Gasteiger partial charge in [0.1, 0.15) is 6.04 Å². The van der Waals surface area contributed by atoms with Crippen molar-refractivity contribution in [3.63, 3.8) is 0 Å². The molecule has 94 valence electrons. The molecule has 2 aliphatic rings. The van der Waals surface area contributed by atoms with Crippen molar-refractivity contribution in [2.24, 2.45) is 10.9 Å². The fourth-order valence-corrected chi connectivity index (χ4v) is 2.80. The van der Waals surface area contributed by atoms with E-state index >= 15 is 0 Å². The summed E-state index contributed by atoms with van der Waals surface area (Å²) >= 11 is 0. The molecule has 1 fully saturated rings. The van der Waals surface area contributed by atoms with Gasteiger partial charge in [-0.15, -0.1) is 0 Å². The van der Waals surface area contributed by atoms with Gasteiger partial charge in [-0.05, 0) is 44.0 Å². The molecule has 2 aliphatic heterocycles. The Bertz CT molecular complexity index is 451. The maximum Gasteiger partial charge on any atom is 0.270 e. The third-order valence-corrected chi connectivity index (χ3v) is 3.75. The molecule has 1 saturated heterocycles. The SMILES string of the molecule is O=C1N=CN(c2ccccc2)C1C1CCNCC1. The number of para-hydroxylation sites is 1. The monoisotopic (exact) mass is 243 g/mol. The molecule has 0 aromatic heterocycles. The van der Waals surface area contributed by atoms with Crippen LogP contribution in [0.25, 0.3) is 0 Å². The van der Waals surface area contributed by atoms with E-state index in [9.17, 15) is 4.79 Å². The van der Waals surface area contributed by atoms with Gasteiger partial charge in [-0.25, -0.2) is 4.99 Å². The Morgan fingerprint density at radius 1 is 1.17 bits per heavy atom. The molecule has 1 atom stereocenters. The summed E-state index contributed by atoms with van der Waals surface area (Å²) in [6.07, 6.45) is 3.77. The summed E-state index contributed by atoms with van der Waals surface area (Å²) in [5.74, 6) is 0.409. The lowest BCUT2D eigenvalue weighted by Crippen LogP contribution is -2.44. The normalized spacial score (nSPS) is 24.8. The number of anilines is 1. The van der Waals surface area contributed by atoms with Gasteiger partial charge in [0.25, 0.3) is 5.91 Å². The van der Waals surface area contributed by atoms with Crippen molar-refractivity contribution in [2.45, 2.75) is 18.9 Å². The summed E-state index contributed by atoms with van der Waals surface area (Å²) in [5, 5.41) is 3.34. The standard InChI is InChI=1S/C14H17N3O/c18-14-13(11-6-8-15-9-7-11)17(10-16-14)12-4-2-1-3-5-12/h1-5,10-11,13,15H,6-9H2. The van der Waals surface area contributed by atoms with E-state index in [1.54, 1.807) is 6.34 Å². The summed E-state index contributed by atoms with van der Waals surface area (Å²) in [6, 6.07) is 9.92. The minimum atomic E-state index is -0.102. The maximum atomic E-state index is 12.0. The van der Waals surface area contributed by atoms with Gasteiger partial charge in [-0.1, -0.05) is 18.2 Å². The highest BCUT2D eigenvalue weighted by Crippen LogP contribution is 2.28. The molecule has 0 spiro atoms. The zero-order valence-corrected chi connectivity index (χ0v) is 10.2. The summed E-state index contributed by atoms with van der Waals surface area (Å²) in [5.41, 5.74) is 1.05. The first kappa shape index (κ1) is 11.4. The molecule has 3 rings (SSSR count). The van der Waals surface area contributed by atoms with Gasteiger partial charge in [-0.2, -0.15) is 0 Å². The highest BCUT2D eigenvalue weighted by Gasteiger charge is 2.37. The molecule has 0 saturated carbocycles. The van der Waals surface area contributed by atoms with E-state index in [0.29, 0.717) is 5.92 Å². The zero-order chi connectivity index (χ0) is 12.4. The van der Waals surface area contributed by atoms with E-state index in [1.807, 2.05) is 35.2 Å². The quantitative estimate of drug-likeness (QED) is 0.854. The van der Waals surface area contributed by atoms with E-state index in [0.717, 1.165) is 31.6 Å². The Kier molecular flexibility index (Phi) is 3.11. The molecule has 1 unspecified atom stereocenters. The molecular weight excluding hydrogens is 226 g/mol. The highest BCUT2D eigenvalue weighted by atomic mass is 16.2. The van der Waals surface area contributed by atoms with E-state index in [1.165, 1.54) is 0 Å². The third kappa shape index (κ3) is 2.04. The molecule has 0 bridgehead atoms. The molecule has 1 aromatic rings. The van der Waals surface area contributed by atoms with Crippen LogP contribution in [0.4, 0.5) is 5.69 Å². The van der Waals surface area contributed by atoms with E-state index in [2.05, 4.69) is 10.3 Å². The largest absolute Gasteiger partial charge is 0.319 e. The van der Waals surface area contributed by atoms with Gasteiger partial charge in [0.2, 0.25) is 0 Å². The lowest BCUT2D eigenvalue weighted by molar-refractivity contribution is -0.119. The minimum absolute atomic E-state index is 0.00533. The summed E-state index contributed by atoms with van der Waals surface area (Å²) in [6.45, 7) is 1.99. The number of benzene rings is 1. The molecule has 1 aromatic carbocycles. The van der Waals surface area contributed by atoms with Crippen LogP contribution in [0.15, 0.2) is 35.3 Å². The second-order valence-corrected chi connectivity index (χ2v) is 4.86. The molecule has 0 aliphatic carbocycles. The van der Waals surface area contributed by atoms with Gasteiger partial charge in [0.05, 0.1) is 6.34 Å².